The minimum atomic E-state index is -4.06. The van der Waals surface area contributed by atoms with Gasteiger partial charge in [0, 0.05) is 4.47 Å². The van der Waals surface area contributed by atoms with Crippen LogP contribution >= 0.6 is 15.9 Å². The minimum absolute atomic E-state index is 0.000161. The van der Waals surface area contributed by atoms with E-state index in [1.807, 2.05) is 0 Å². The van der Waals surface area contributed by atoms with E-state index in [9.17, 15) is 13.2 Å². The van der Waals surface area contributed by atoms with Crippen molar-refractivity contribution in [3.63, 3.8) is 0 Å². The lowest BCUT2D eigenvalue weighted by Gasteiger charge is -2.15. The number of nitrogens with zero attached hydrogens (tertiary/aromatic N) is 1. The molecule has 0 saturated carbocycles. The molecule has 0 fully saturated rings. The number of sulfonamides is 1. The first-order chi connectivity index (χ1) is 7.93. The van der Waals surface area contributed by atoms with Gasteiger partial charge in [0.2, 0.25) is 0 Å². The van der Waals surface area contributed by atoms with E-state index in [0.717, 1.165) is 0 Å². The van der Waals surface area contributed by atoms with E-state index in [-0.39, 0.29) is 23.8 Å². The number of ether oxygens (including phenoxy) is 1. The second-order valence-corrected chi connectivity index (χ2v) is 6.05. The first-order valence-corrected chi connectivity index (χ1v) is 6.84. The smallest absolute Gasteiger partial charge is 0.421 e. The molecule has 0 saturated heterocycles. The Morgan fingerprint density at radius 3 is 2.82 bits per heavy atom. The number of benzene rings is 1. The Morgan fingerprint density at radius 2 is 2.18 bits per heavy atom. The maximum Gasteiger partial charge on any atom is 0.421 e. The fraction of sp³-hybridized carbons (Fsp3) is 0.222. The van der Waals surface area contributed by atoms with Crippen LogP contribution in [0.5, 0.6) is 5.75 Å². The molecule has 1 aliphatic heterocycles. The zero-order chi connectivity index (χ0) is 12.6. The summed E-state index contributed by atoms with van der Waals surface area (Å²) in [5, 5.41) is 8.87. The van der Waals surface area contributed by atoms with Gasteiger partial charge in [0.1, 0.15) is 17.3 Å². The summed E-state index contributed by atoms with van der Waals surface area (Å²) in [4.78, 5) is 10.8. The predicted molar refractivity (Wildman–Crippen MR) is 61.6 cm³/mol. The molecule has 0 bridgehead atoms. The van der Waals surface area contributed by atoms with Crippen molar-refractivity contribution in [3.8, 4) is 5.75 Å². The van der Waals surface area contributed by atoms with Crippen LogP contribution in [0.3, 0.4) is 0 Å². The summed E-state index contributed by atoms with van der Waals surface area (Å²) in [6, 6.07) is 4.44. The van der Waals surface area contributed by atoms with E-state index in [4.69, 9.17) is 9.84 Å². The average Bonchev–Trinajstić information content (AvgIpc) is 2.36. The van der Waals surface area contributed by atoms with Gasteiger partial charge in [0.25, 0.3) is 10.0 Å². The van der Waals surface area contributed by atoms with Crippen LogP contribution in [0, 0.1) is 0 Å². The Labute approximate surface area is 106 Å². The van der Waals surface area contributed by atoms with E-state index < -0.39 is 16.1 Å². The van der Waals surface area contributed by atoms with Crippen LogP contribution in [0.2, 0.25) is 0 Å². The van der Waals surface area contributed by atoms with Crippen LogP contribution < -0.4 is 4.74 Å². The summed E-state index contributed by atoms with van der Waals surface area (Å²) in [5.41, 5.74) is 0. The van der Waals surface area contributed by atoms with Gasteiger partial charge >= 0.3 is 6.09 Å². The van der Waals surface area contributed by atoms with Crippen molar-refractivity contribution in [1.82, 2.24) is 4.31 Å². The second kappa shape index (κ2) is 4.19. The highest BCUT2D eigenvalue weighted by Gasteiger charge is 2.34. The van der Waals surface area contributed by atoms with Crippen LogP contribution in [-0.4, -0.2) is 37.1 Å². The number of fused-ring (bicyclic) bond motifs is 1. The van der Waals surface area contributed by atoms with Crippen LogP contribution in [0.4, 0.5) is 4.79 Å². The summed E-state index contributed by atoms with van der Waals surface area (Å²) in [5.74, 6) is 0.164. The summed E-state index contributed by atoms with van der Waals surface area (Å²) in [7, 11) is -4.06. The van der Waals surface area contributed by atoms with E-state index in [1.54, 1.807) is 6.07 Å². The molecule has 1 amide bonds. The molecule has 1 aromatic carbocycles. The molecule has 0 aromatic heterocycles. The fourth-order valence-corrected chi connectivity index (χ4v) is 3.41. The molecule has 92 valence electrons. The van der Waals surface area contributed by atoms with Crippen molar-refractivity contribution in [2.24, 2.45) is 0 Å². The van der Waals surface area contributed by atoms with Crippen molar-refractivity contribution in [1.29, 1.82) is 0 Å². The molecule has 1 N–H and O–H groups in total. The molecular weight excluding hydrogens is 314 g/mol. The van der Waals surface area contributed by atoms with Gasteiger partial charge < -0.3 is 9.84 Å². The van der Waals surface area contributed by atoms with Gasteiger partial charge in [0.15, 0.2) is 0 Å². The van der Waals surface area contributed by atoms with Gasteiger partial charge in [-0.1, -0.05) is 15.9 Å². The number of rotatable bonds is 0. The molecule has 1 aliphatic rings. The van der Waals surface area contributed by atoms with Gasteiger partial charge in [-0.05, 0) is 18.2 Å². The lowest BCUT2D eigenvalue weighted by molar-refractivity contribution is 0.167. The molecule has 0 aliphatic carbocycles. The van der Waals surface area contributed by atoms with E-state index in [0.29, 0.717) is 8.78 Å². The quantitative estimate of drug-likeness (QED) is 0.783. The summed E-state index contributed by atoms with van der Waals surface area (Å²) < 4.78 is 30.3. The Hall–Kier alpha value is -1.28. The molecule has 2 rings (SSSR count). The molecule has 0 unspecified atom stereocenters. The number of amides is 1. The Morgan fingerprint density at radius 1 is 1.47 bits per heavy atom. The van der Waals surface area contributed by atoms with Crippen LogP contribution in [0.15, 0.2) is 27.6 Å². The molecule has 17 heavy (non-hydrogen) atoms. The van der Waals surface area contributed by atoms with Gasteiger partial charge in [-0.3, -0.25) is 0 Å². The molecule has 0 atom stereocenters. The fourth-order valence-electron chi connectivity index (χ4n) is 1.48. The van der Waals surface area contributed by atoms with E-state index in [2.05, 4.69) is 15.9 Å². The van der Waals surface area contributed by atoms with Crippen molar-refractivity contribution in [2.45, 2.75) is 4.90 Å². The summed E-state index contributed by atoms with van der Waals surface area (Å²) in [6.45, 7) is -0.218. The maximum absolute atomic E-state index is 12.1. The number of carboxylic acid groups (broad SMARTS) is 1. The molecule has 1 heterocycles. The lowest BCUT2D eigenvalue weighted by atomic mass is 10.3. The Kier molecular flexibility index (Phi) is 3.00. The van der Waals surface area contributed by atoms with Gasteiger partial charge in [-0.15, -0.1) is 0 Å². The monoisotopic (exact) mass is 321 g/mol. The number of hydrogen-bond acceptors (Lipinski definition) is 4. The molecule has 6 nitrogen and oxygen atoms in total. The van der Waals surface area contributed by atoms with E-state index >= 15 is 0 Å². The zero-order valence-electron chi connectivity index (χ0n) is 8.46. The van der Waals surface area contributed by atoms with Crippen LogP contribution in [0.25, 0.3) is 0 Å². The predicted octanol–water partition coefficient (Wildman–Crippen LogP) is 1.51. The van der Waals surface area contributed by atoms with Crippen LogP contribution in [-0.2, 0) is 10.0 Å². The van der Waals surface area contributed by atoms with Gasteiger partial charge in [-0.2, -0.15) is 4.31 Å². The molecule has 0 spiro atoms. The summed E-state index contributed by atoms with van der Waals surface area (Å²) >= 11 is 3.14. The highest BCUT2D eigenvalue weighted by atomic mass is 79.9. The zero-order valence-corrected chi connectivity index (χ0v) is 10.9. The average molecular weight is 322 g/mol. The minimum Gasteiger partial charge on any atom is -0.490 e. The highest BCUT2D eigenvalue weighted by Crippen LogP contribution is 2.31. The molecule has 0 radical (unpaired) electrons. The lowest BCUT2D eigenvalue weighted by Crippen LogP contribution is -2.36. The van der Waals surface area contributed by atoms with Crippen molar-refractivity contribution in [3.05, 3.63) is 22.7 Å². The SMILES string of the molecule is O=C(O)N1CCOc2ccc(Br)cc2S1(=O)=O. The topological polar surface area (TPSA) is 83.9 Å². The third-order valence-electron chi connectivity index (χ3n) is 2.24. The van der Waals surface area contributed by atoms with Crippen LogP contribution in [0.1, 0.15) is 0 Å². The Balaban J connectivity index is 2.64. The number of halogens is 1. The van der Waals surface area contributed by atoms with E-state index in [1.165, 1.54) is 12.1 Å². The Bertz CT molecular complexity index is 571. The molecule has 1 aromatic rings. The summed E-state index contributed by atoms with van der Waals surface area (Å²) in [6.07, 6.45) is -1.51. The largest absolute Gasteiger partial charge is 0.490 e. The first-order valence-electron chi connectivity index (χ1n) is 4.61. The standard InChI is InChI=1S/C9H8BrNO5S/c10-6-1-2-7-8(5-6)17(14,15)11(9(12)13)3-4-16-7/h1-2,5H,3-4H2,(H,12,13). The normalized spacial score (nSPS) is 17.8. The second-order valence-electron chi connectivity index (χ2n) is 3.30. The van der Waals surface area contributed by atoms with Crippen molar-refractivity contribution in [2.75, 3.05) is 13.2 Å². The first kappa shape index (κ1) is 12.2. The highest BCUT2D eigenvalue weighted by molar-refractivity contribution is 9.10. The van der Waals surface area contributed by atoms with Crippen molar-refractivity contribution >= 4 is 32.0 Å². The maximum atomic E-state index is 12.1. The molecule has 8 heteroatoms. The van der Waals surface area contributed by atoms with Crippen molar-refractivity contribution < 1.29 is 23.1 Å². The third-order valence-corrected chi connectivity index (χ3v) is 4.53. The van der Waals surface area contributed by atoms with Gasteiger partial charge in [0.05, 0.1) is 6.54 Å². The third kappa shape index (κ3) is 2.09. The molecular formula is C9H8BrNO5S. The number of carbonyl (C=O) groups is 1. The van der Waals surface area contributed by atoms with Gasteiger partial charge in [-0.25, -0.2) is 13.2 Å². The number of hydrogen-bond donors (Lipinski definition) is 1.